The van der Waals surface area contributed by atoms with Crippen LogP contribution in [-0.4, -0.2) is 0 Å². The molecule has 0 aromatic carbocycles. The zero-order chi connectivity index (χ0) is 6.36. The van der Waals surface area contributed by atoms with Gasteiger partial charge in [-0.1, -0.05) is 27.4 Å². The molecule has 0 bridgehead atoms. The minimum atomic E-state index is 0.418. The second-order valence-electron chi connectivity index (χ2n) is 3.03. The van der Waals surface area contributed by atoms with E-state index in [1.807, 2.05) is 0 Å². The first-order valence-corrected chi connectivity index (χ1v) is 3.01. The fourth-order valence-corrected chi connectivity index (χ4v) is 1.15. The molecule has 0 radical (unpaired) electrons. The third kappa shape index (κ3) is 0.468. The van der Waals surface area contributed by atoms with E-state index < -0.39 is 0 Å². The minimum Gasteiger partial charge on any atom is -0.129 e. The first kappa shape index (κ1) is 5.65. The molecule has 0 heteroatoms. The Hall–Kier alpha value is -0.480. The van der Waals surface area contributed by atoms with E-state index in [-0.39, 0.29) is 0 Å². The van der Waals surface area contributed by atoms with Gasteiger partial charge in [0.15, 0.2) is 0 Å². The van der Waals surface area contributed by atoms with Crippen molar-refractivity contribution in [3.05, 3.63) is 17.9 Å². The average Bonchev–Trinajstić information content (AvgIpc) is 2.09. The third-order valence-electron chi connectivity index (χ3n) is 2.32. The lowest BCUT2D eigenvalue weighted by atomic mass is 10.1. The molecule has 0 aromatic heterocycles. The molecule has 0 aliphatic heterocycles. The Labute approximate surface area is 50.9 Å². The van der Waals surface area contributed by atoms with Gasteiger partial charge in [0.25, 0.3) is 0 Å². The SMILES string of the molecule is C=C=C1C(C)C1(C)C. The maximum atomic E-state index is 3.61. The Bertz CT molecular complexity index is 157. The molecule has 0 saturated heterocycles. The predicted molar refractivity (Wildman–Crippen MR) is 35.6 cm³/mol. The van der Waals surface area contributed by atoms with Gasteiger partial charge in [-0.3, -0.25) is 0 Å². The zero-order valence-corrected chi connectivity index (χ0v) is 5.78. The summed E-state index contributed by atoms with van der Waals surface area (Å²) in [4.78, 5) is 0. The number of hydrogen-bond donors (Lipinski definition) is 0. The van der Waals surface area contributed by atoms with Crippen molar-refractivity contribution in [2.24, 2.45) is 11.3 Å². The van der Waals surface area contributed by atoms with Gasteiger partial charge < -0.3 is 0 Å². The van der Waals surface area contributed by atoms with Gasteiger partial charge >= 0.3 is 0 Å². The summed E-state index contributed by atoms with van der Waals surface area (Å²) in [7, 11) is 0. The van der Waals surface area contributed by atoms with Gasteiger partial charge in [0.1, 0.15) is 0 Å². The molecular weight excluding hydrogens is 96.1 g/mol. The van der Waals surface area contributed by atoms with Crippen LogP contribution in [0.25, 0.3) is 0 Å². The molecule has 0 amide bonds. The summed E-state index contributed by atoms with van der Waals surface area (Å²) in [5.41, 5.74) is 4.75. The topological polar surface area (TPSA) is 0 Å². The largest absolute Gasteiger partial charge is 0.129 e. The first-order chi connectivity index (χ1) is 3.60. The minimum absolute atomic E-state index is 0.418. The maximum Gasteiger partial charge on any atom is 0.000303 e. The Morgan fingerprint density at radius 1 is 1.62 bits per heavy atom. The molecule has 0 N–H and O–H groups in total. The van der Waals surface area contributed by atoms with Gasteiger partial charge in [-0.2, -0.15) is 0 Å². The molecule has 1 atom stereocenters. The molecule has 1 saturated carbocycles. The fraction of sp³-hybridized carbons (Fsp3) is 0.625. The predicted octanol–water partition coefficient (Wildman–Crippen LogP) is 2.37. The molecule has 1 rings (SSSR count). The maximum absolute atomic E-state index is 3.61. The zero-order valence-electron chi connectivity index (χ0n) is 5.78. The molecular formula is C8H12. The summed E-state index contributed by atoms with van der Waals surface area (Å²) < 4.78 is 0. The summed E-state index contributed by atoms with van der Waals surface area (Å²) in [5, 5.41) is 0. The summed E-state index contributed by atoms with van der Waals surface area (Å²) in [6, 6.07) is 0. The summed E-state index contributed by atoms with van der Waals surface area (Å²) in [6.45, 7) is 10.3. The van der Waals surface area contributed by atoms with Crippen LogP contribution in [-0.2, 0) is 0 Å². The molecule has 0 aromatic rings. The van der Waals surface area contributed by atoms with Crippen molar-refractivity contribution < 1.29 is 0 Å². The van der Waals surface area contributed by atoms with Gasteiger partial charge in [-0.25, -0.2) is 0 Å². The lowest BCUT2D eigenvalue weighted by Gasteiger charge is -1.90. The van der Waals surface area contributed by atoms with Crippen LogP contribution in [0.3, 0.4) is 0 Å². The van der Waals surface area contributed by atoms with E-state index in [4.69, 9.17) is 0 Å². The highest BCUT2D eigenvalue weighted by Gasteiger charge is 2.48. The van der Waals surface area contributed by atoms with E-state index >= 15 is 0 Å². The first-order valence-electron chi connectivity index (χ1n) is 3.01. The number of allylic oxidation sites excluding steroid dienone is 1. The van der Waals surface area contributed by atoms with Gasteiger partial charge in [0, 0.05) is 5.41 Å². The van der Waals surface area contributed by atoms with Crippen LogP contribution in [0.15, 0.2) is 17.9 Å². The van der Waals surface area contributed by atoms with Gasteiger partial charge in [0.05, 0.1) is 0 Å². The molecule has 0 spiro atoms. The van der Waals surface area contributed by atoms with Crippen LogP contribution < -0.4 is 0 Å². The average molecular weight is 108 g/mol. The molecule has 0 nitrogen and oxygen atoms in total. The third-order valence-corrected chi connectivity index (χ3v) is 2.32. The molecule has 0 heterocycles. The van der Waals surface area contributed by atoms with Crippen LogP contribution in [0.5, 0.6) is 0 Å². The van der Waals surface area contributed by atoms with Crippen molar-refractivity contribution in [3.8, 4) is 0 Å². The van der Waals surface area contributed by atoms with E-state index in [1.54, 1.807) is 0 Å². The molecule has 1 aliphatic rings. The monoisotopic (exact) mass is 108 g/mol. The fourth-order valence-electron chi connectivity index (χ4n) is 1.15. The van der Waals surface area contributed by atoms with Crippen LogP contribution in [0.2, 0.25) is 0 Å². The van der Waals surface area contributed by atoms with Crippen molar-refractivity contribution in [2.45, 2.75) is 20.8 Å². The van der Waals surface area contributed by atoms with Crippen molar-refractivity contribution >= 4 is 0 Å². The Kier molecular flexibility index (Phi) is 0.896. The van der Waals surface area contributed by atoms with E-state index in [0.717, 1.165) is 5.92 Å². The van der Waals surface area contributed by atoms with Crippen molar-refractivity contribution in [1.82, 2.24) is 0 Å². The summed E-state index contributed by atoms with van der Waals surface area (Å²) in [6.07, 6.45) is 0. The van der Waals surface area contributed by atoms with Gasteiger partial charge in [-0.05, 0) is 11.5 Å². The normalized spacial score (nSPS) is 31.9. The quantitative estimate of drug-likeness (QED) is 0.418. The summed E-state index contributed by atoms with van der Waals surface area (Å²) >= 11 is 0. The van der Waals surface area contributed by atoms with E-state index in [1.165, 1.54) is 5.57 Å². The molecule has 1 aliphatic carbocycles. The highest BCUT2D eigenvalue weighted by atomic mass is 14.5. The van der Waals surface area contributed by atoms with Crippen LogP contribution in [0.4, 0.5) is 0 Å². The van der Waals surface area contributed by atoms with Crippen molar-refractivity contribution in [3.63, 3.8) is 0 Å². The van der Waals surface area contributed by atoms with Gasteiger partial charge in [-0.15, -0.1) is 5.73 Å². The van der Waals surface area contributed by atoms with Gasteiger partial charge in [0.2, 0.25) is 0 Å². The van der Waals surface area contributed by atoms with Crippen molar-refractivity contribution in [1.29, 1.82) is 0 Å². The Balaban J connectivity index is 2.88. The molecule has 8 heavy (non-hydrogen) atoms. The van der Waals surface area contributed by atoms with E-state index in [2.05, 4.69) is 33.1 Å². The van der Waals surface area contributed by atoms with Crippen LogP contribution in [0, 0.1) is 11.3 Å². The lowest BCUT2D eigenvalue weighted by molar-refractivity contribution is 0.596. The highest BCUT2D eigenvalue weighted by molar-refractivity contribution is 5.33. The smallest absolute Gasteiger partial charge is 0.000303 e. The highest BCUT2D eigenvalue weighted by Crippen LogP contribution is 2.56. The van der Waals surface area contributed by atoms with Crippen LogP contribution >= 0.6 is 0 Å². The Morgan fingerprint density at radius 3 is 2.00 bits per heavy atom. The van der Waals surface area contributed by atoms with E-state index in [0.29, 0.717) is 5.41 Å². The van der Waals surface area contributed by atoms with Crippen LogP contribution in [0.1, 0.15) is 20.8 Å². The Morgan fingerprint density at radius 2 is 2.00 bits per heavy atom. The van der Waals surface area contributed by atoms with Crippen molar-refractivity contribution in [2.75, 3.05) is 0 Å². The van der Waals surface area contributed by atoms with E-state index in [9.17, 15) is 0 Å². The number of rotatable bonds is 0. The number of hydrogen-bond acceptors (Lipinski definition) is 0. The molecule has 44 valence electrons. The molecule has 1 unspecified atom stereocenters. The summed E-state index contributed by atoms with van der Waals surface area (Å²) in [5.74, 6) is 0.722. The standard InChI is InChI=1S/C8H12/c1-5-7-6(2)8(7,3)4/h6H,1H2,2-4H3. The second kappa shape index (κ2) is 1.27. The lowest BCUT2D eigenvalue weighted by Crippen LogP contribution is -1.83. The molecule has 1 fully saturated rings. The second-order valence-corrected chi connectivity index (χ2v) is 3.03.